The number of methoxy groups -OCH3 is 1. The summed E-state index contributed by atoms with van der Waals surface area (Å²) < 4.78 is 6.68. The molecule has 0 spiro atoms. The molecule has 1 N–H and O–H groups in total. The number of rotatable bonds is 5. The van der Waals surface area contributed by atoms with Crippen LogP contribution in [-0.2, 0) is 11.3 Å². The first-order valence-electron chi connectivity index (χ1n) is 11.2. The summed E-state index contributed by atoms with van der Waals surface area (Å²) in [5.74, 6) is 0.844. The van der Waals surface area contributed by atoms with Gasteiger partial charge in [0.2, 0.25) is 5.91 Å². The van der Waals surface area contributed by atoms with E-state index in [1.165, 1.54) is 4.57 Å². The van der Waals surface area contributed by atoms with Gasteiger partial charge >= 0.3 is 0 Å². The summed E-state index contributed by atoms with van der Waals surface area (Å²) in [5, 5.41) is 12.0. The molecule has 0 fully saturated rings. The minimum atomic E-state index is -1.07. The topological polar surface area (TPSA) is 84.7 Å². The predicted molar refractivity (Wildman–Crippen MR) is 128 cm³/mol. The van der Waals surface area contributed by atoms with Gasteiger partial charge in [-0.25, -0.2) is 4.98 Å². The monoisotopic (exact) mass is 455 g/mol. The molecule has 1 amide bonds. The van der Waals surface area contributed by atoms with Crippen molar-refractivity contribution in [2.24, 2.45) is 0 Å². The number of amides is 1. The molecule has 7 nitrogen and oxygen atoms in total. The minimum Gasteiger partial charge on any atom is -0.497 e. The largest absolute Gasteiger partial charge is 0.497 e. The Bertz CT molecular complexity index is 1400. The number of aromatic nitrogens is 2. The molecule has 7 heteroatoms. The molecule has 2 heterocycles. The molecule has 1 aliphatic rings. The number of hydrogen-bond donors (Lipinski definition) is 1. The molecule has 4 aromatic rings. The summed E-state index contributed by atoms with van der Waals surface area (Å²) in [4.78, 5) is 33.5. The van der Waals surface area contributed by atoms with Crippen LogP contribution in [0, 0.1) is 0 Å². The Kier molecular flexibility index (Phi) is 5.63. The summed E-state index contributed by atoms with van der Waals surface area (Å²) in [6.07, 6.45) is -1.07. The smallest absolute Gasteiger partial charge is 0.262 e. The van der Waals surface area contributed by atoms with Crippen molar-refractivity contribution in [3.63, 3.8) is 0 Å². The number of hydrogen-bond acceptors (Lipinski definition) is 5. The van der Waals surface area contributed by atoms with Crippen molar-refractivity contribution >= 4 is 16.8 Å². The van der Waals surface area contributed by atoms with Crippen molar-refractivity contribution in [2.45, 2.75) is 31.7 Å². The van der Waals surface area contributed by atoms with Gasteiger partial charge in [-0.3, -0.25) is 14.2 Å². The average molecular weight is 456 g/mol. The molecular weight excluding hydrogens is 430 g/mol. The molecule has 1 aliphatic heterocycles. The summed E-state index contributed by atoms with van der Waals surface area (Å²) in [6, 6.07) is 22.1. The fourth-order valence-electron chi connectivity index (χ4n) is 4.62. The fraction of sp³-hybridized carbons (Fsp3) is 0.222. The molecule has 34 heavy (non-hydrogen) atoms. The average Bonchev–Trinajstić information content (AvgIpc) is 2.88. The third-order valence-corrected chi connectivity index (χ3v) is 6.42. The predicted octanol–water partition coefficient (Wildman–Crippen LogP) is 3.78. The molecule has 0 aliphatic carbocycles. The lowest BCUT2D eigenvalue weighted by Crippen LogP contribution is -2.50. The second-order valence-corrected chi connectivity index (χ2v) is 8.45. The SMILES string of the molecule is COc1ccc(CN2C(=O)[C@H](C)n3c(nc4ccccc4c3=O)[C@@H]2[C@H](O)c2ccccc2)cc1. The molecular formula is C27H25N3O4. The van der Waals surface area contributed by atoms with Gasteiger partial charge in [0.1, 0.15) is 29.8 Å². The van der Waals surface area contributed by atoms with Crippen LogP contribution in [0.4, 0.5) is 0 Å². The van der Waals surface area contributed by atoms with Crippen LogP contribution < -0.4 is 10.3 Å². The molecule has 0 bridgehead atoms. The first kappa shape index (κ1) is 21.9. The number of para-hydroxylation sites is 1. The van der Waals surface area contributed by atoms with Gasteiger partial charge in [0.25, 0.3) is 5.56 Å². The molecule has 3 atom stereocenters. The van der Waals surface area contributed by atoms with Crippen molar-refractivity contribution in [1.29, 1.82) is 0 Å². The van der Waals surface area contributed by atoms with Crippen LogP contribution >= 0.6 is 0 Å². The van der Waals surface area contributed by atoms with Crippen LogP contribution in [-0.4, -0.2) is 32.6 Å². The van der Waals surface area contributed by atoms with Gasteiger partial charge in [0.05, 0.1) is 18.0 Å². The zero-order valence-corrected chi connectivity index (χ0v) is 19.0. The van der Waals surface area contributed by atoms with Crippen molar-refractivity contribution in [3.05, 3.63) is 106 Å². The molecule has 0 saturated carbocycles. The number of nitrogens with zero attached hydrogens (tertiary/aromatic N) is 3. The molecule has 0 radical (unpaired) electrons. The van der Waals surface area contributed by atoms with Crippen LogP contribution in [0.15, 0.2) is 83.7 Å². The van der Waals surface area contributed by atoms with Gasteiger partial charge in [-0.05, 0) is 42.3 Å². The van der Waals surface area contributed by atoms with E-state index in [-0.39, 0.29) is 18.0 Å². The minimum absolute atomic E-state index is 0.248. The van der Waals surface area contributed by atoms with Crippen molar-refractivity contribution in [1.82, 2.24) is 14.5 Å². The maximum atomic E-state index is 13.7. The first-order valence-corrected chi connectivity index (χ1v) is 11.2. The maximum Gasteiger partial charge on any atom is 0.262 e. The number of carbonyl (C=O) groups excluding carboxylic acids is 1. The molecule has 5 rings (SSSR count). The van der Waals surface area contributed by atoms with Crippen molar-refractivity contribution in [2.75, 3.05) is 7.11 Å². The van der Waals surface area contributed by atoms with Gasteiger partial charge in [-0.2, -0.15) is 0 Å². The quantitative estimate of drug-likeness (QED) is 0.495. The van der Waals surface area contributed by atoms with E-state index in [1.807, 2.05) is 60.7 Å². The number of aliphatic hydroxyl groups is 1. The van der Waals surface area contributed by atoms with Crippen LogP contribution in [0.3, 0.4) is 0 Å². The van der Waals surface area contributed by atoms with Crippen molar-refractivity contribution in [3.8, 4) is 5.75 Å². The molecule has 3 aromatic carbocycles. The molecule has 1 aromatic heterocycles. The van der Waals surface area contributed by atoms with Gasteiger partial charge < -0.3 is 14.7 Å². The Morgan fingerprint density at radius 3 is 2.35 bits per heavy atom. The first-order chi connectivity index (χ1) is 16.5. The fourth-order valence-corrected chi connectivity index (χ4v) is 4.62. The van der Waals surface area contributed by atoms with Crippen LogP contribution in [0.5, 0.6) is 5.75 Å². The number of fused-ring (bicyclic) bond motifs is 2. The highest BCUT2D eigenvalue weighted by Crippen LogP contribution is 2.39. The standard InChI is InChI=1S/C27H25N3O4/c1-17-26(32)29(16-18-12-14-20(34-2)15-13-18)23(24(31)19-8-4-3-5-9-19)25-28-22-11-7-6-10-21(22)27(33)30(17)25/h3-15,17,23-24,31H,16H2,1-2H3/t17-,23-,24+/m0/s1. The summed E-state index contributed by atoms with van der Waals surface area (Å²) in [7, 11) is 1.60. The number of ether oxygens (including phenoxy) is 1. The van der Waals surface area contributed by atoms with E-state index in [1.54, 1.807) is 37.1 Å². The van der Waals surface area contributed by atoms with E-state index < -0.39 is 18.2 Å². The normalized spacial score (nSPS) is 18.6. The van der Waals surface area contributed by atoms with Gasteiger partial charge in [-0.15, -0.1) is 0 Å². The highest BCUT2D eigenvalue weighted by Gasteiger charge is 2.43. The lowest BCUT2D eigenvalue weighted by molar-refractivity contribution is -0.144. The van der Waals surface area contributed by atoms with Crippen LogP contribution in [0.25, 0.3) is 10.9 Å². The Hall–Kier alpha value is -3.97. The Morgan fingerprint density at radius 2 is 1.65 bits per heavy atom. The van der Waals surface area contributed by atoms with E-state index >= 15 is 0 Å². The van der Waals surface area contributed by atoms with E-state index in [0.717, 1.165) is 5.56 Å². The lowest BCUT2D eigenvalue weighted by Gasteiger charge is -2.42. The number of aliphatic hydroxyl groups excluding tert-OH is 1. The van der Waals surface area contributed by atoms with E-state index in [0.29, 0.717) is 28.0 Å². The highest BCUT2D eigenvalue weighted by atomic mass is 16.5. The van der Waals surface area contributed by atoms with Crippen molar-refractivity contribution < 1.29 is 14.6 Å². The Balaban J connectivity index is 1.69. The van der Waals surface area contributed by atoms with Gasteiger partial charge in [0.15, 0.2) is 0 Å². The van der Waals surface area contributed by atoms with Gasteiger partial charge in [0, 0.05) is 6.54 Å². The summed E-state index contributed by atoms with van der Waals surface area (Å²) >= 11 is 0. The molecule has 0 unspecified atom stereocenters. The zero-order valence-electron chi connectivity index (χ0n) is 19.0. The number of benzene rings is 3. The number of carbonyl (C=O) groups is 1. The summed E-state index contributed by atoms with van der Waals surface area (Å²) in [5.41, 5.74) is 1.78. The Labute approximate surface area is 196 Å². The van der Waals surface area contributed by atoms with E-state index in [2.05, 4.69) is 0 Å². The van der Waals surface area contributed by atoms with Crippen LogP contribution in [0.1, 0.15) is 42.1 Å². The lowest BCUT2D eigenvalue weighted by atomic mass is 9.95. The van der Waals surface area contributed by atoms with E-state index in [4.69, 9.17) is 9.72 Å². The Morgan fingerprint density at radius 1 is 0.971 bits per heavy atom. The third-order valence-electron chi connectivity index (χ3n) is 6.42. The van der Waals surface area contributed by atoms with Gasteiger partial charge in [-0.1, -0.05) is 54.6 Å². The maximum absolute atomic E-state index is 13.7. The van der Waals surface area contributed by atoms with E-state index in [9.17, 15) is 14.7 Å². The zero-order chi connectivity index (χ0) is 23.8. The third kappa shape index (κ3) is 3.64. The summed E-state index contributed by atoms with van der Waals surface area (Å²) in [6.45, 7) is 1.96. The van der Waals surface area contributed by atoms with Crippen LogP contribution in [0.2, 0.25) is 0 Å². The second-order valence-electron chi connectivity index (χ2n) is 8.45. The molecule has 0 saturated heterocycles. The molecule has 172 valence electrons. The highest BCUT2D eigenvalue weighted by molar-refractivity contribution is 5.84. The second kappa shape index (κ2) is 8.76.